The number of nitrogens with zero attached hydrogens (tertiary/aromatic N) is 4. The molecule has 0 spiro atoms. The molecule has 0 aromatic heterocycles. The Kier molecular flexibility index (Phi) is 13.9. The molecule has 0 unspecified atom stereocenters. The average molecular weight is 964 g/mol. The van der Waals surface area contributed by atoms with Crippen LogP contribution in [0.5, 0.6) is 17.2 Å². The summed E-state index contributed by atoms with van der Waals surface area (Å²) in [4.78, 5) is -3.48. The smallest absolute Gasteiger partial charge is 0.397 e. The molecule has 0 heterocycles. The van der Waals surface area contributed by atoms with E-state index in [9.17, 15) is 64.7 Å². The monoisotopic (exact) mass is 963 g/mol. The first-order valence-electron chi connectivity index (χ1n) is 15.4. The van der Waals surface area contributed by atoms with Crippen molar-refractivity contribution in [2.75, 3.05) is 44.7 Å². The van der Waals surface area contributed by atoms with E-state index in [1.54, 1.807) is 0 Å². The lowest BCUT2D eigenvalue weighted by atomic mass is 10.1. The van der Waals surface area contributed by atoms with E-state index in [-0.39, 0.29) is 11.5 Å². The van der Waals surface area contributed by atoms with Crippen molar-refractivity contribution in [1.82, 2.24) is 0 Å². The Hall–Kier alpha value is -5.00. The molecule has 26 nitrogen and oxygen atoms in total. The van der Waals surface area contributed by atoms with Gasteiger partial charge in [0, 0.05) is 0 Å². The van der Waals surface area contributed by atoms with Gasteiger partial charge in [-0.2, -0.15) is 33.7 Å². The number of anilines is 1. The maximum atomic E-state index is 12.8. The van der Waals surface area contributed by atoms with Gasteiger partial charge in [-0.05, 0) is 53.9 Å². The second-order valence-electron chi connectivity index (χ2n) is 11.5. The minimum Gasteiger partial charge on any atom is -0.505 e. The first-order valence-corrected chi connectivity index (χ1v) is 24.4. The molecule has 4 rings (SSSR count). The third-order valence-corrected chi connectivity index (χ3v) is 13.6. The lowest BCUT2D eigenvalue weighted by Gasteiger charge is -2.14. The Bertz CT molecular complexity index is 2910. The number of nitrogens with two attached hydrogens (primary N) is 1. The largest absolute Gasteiger partial charge is 0.505 e. The van der Waals surface area contributed by atoms with Crippen LogP contribution in [0.25, 0.3) is 10.8 Å². The normalized spacial score (nSPS) is 13.4. The fourth-order valence-corrected chi connectivity index (χ4v) is 9.27. The highest BCUT2D eigenvalue weighted by atomic mass is 32.3. The van der Waals surface area contributed by atoms with E-state index in [1.165, 1.54) is 0 Å². The molecule has 0 atom stereocenters. The lowest BCUT2D eigenvalue weighted by Crippen LogP contribution is -2.15. The van der Waals surface area contributed by atoms with Crippen LogP contribution >= 0.6 is 0 Å². The van der Waals surface area contributed by atoms with Crippen LogP contribution < -0.4 is 15.2 Å². The molecule has 0 amide bonds. The van der Waals surface area contributed by atoms with Crippen molar-refractivity contribution in [2.24, 2.45) is 20.5 Å². The van der Waals surface area contributed by atoms with E-state index < -0.39 is 150 Å². The van der Waals surface area contributed by atoms with E-state index in [2.05, 4.69) is 28.8 Å². The summed E-state index contributed by atoms with van der Waals surface area (Å²) in [5.74, 6) is -3.59. The molecule has 4 aromatic rings. The molecule has 7 N–H and O–H groups in total. The average Bonchev–Trinajstić information content (AvgIpc) is 3.11. The second kappa shape index (κ2) is 17.5. The molecular formula is C28H29N5O21S6. The Balaban J connectivity index is 1.92. The number of ether oxygens (including phenoxy) is 2. The van der Waals surface area contributed by atoms with Crippen molar-refractivity contribution in [3.8, 4) is 17.2 Å². The van der Waals surface area contributed by atoms with Gasteiger partial charge in [-0.25, -0.2) is 25.2 Å². The molecule has 0 fully saturated rings. The highest BCUT2D eigenvalue weighted by Gasteiger charge is 2.29. The maximum Gasteiger partial charge on any atom is 0.397 e. The van der Waals surface area contributed by atoms with Crippen molar-refractivity contribution < 1.29 is 91.7 Å². The van der Waals surface area contributed by atoms with Crippen molar-refractivity contribution in [3.05, 3.63) is 48.5 Å². The van der Waals surface area contributed by atoms with Gasteiger partial charge in [0.2, 0.25) is 0 Å². The molecule has 0 aliphatic heterocycles. The van der Waals surface area contributed by atoms with E-state index in [0.717, 1.165) is 50.6 Å². The minimum atomic E-state index is -5.41. The number of azo groups is 2. The maximum absolute atomic E-state index is 12.8. The summed E-state index contributed by atoms with van der Waals surface area (Å²) in [7, 11) is -27.3. The van der Waals surface area contributed by atoms with Crippen LogP contribution in [0.3, 0.4) is 0 Å². The van der Waals surface area contributed by atoms with Crippen LogP contribution in [0.15, 0.2) is 88.6 Å². The van der Waals surface area contributed by atoms with Gasteiger partial charge in [0.15, 0.2) is 25.4 Å². The van der Waals surface area contributed by atoms with Crippen molar-refractivity contribution in [3.63, 3.8) is 0 Å². The Morgan fingerprint density at radius 3 is 1.32 bits per heavy atom. The molecule has 60 heavy (non-hydrogen) atoms. The van der Waals surface area contributed by atoms with Gasteiger partial charge in [0.05, 0.1) is 59.8 Å². The van der Waals surface area contributed by atoms with Crippen molar-refractivity contribution >= 4 is 99.9 Å². The zero-order valence-corrected chi connectivity index (χ0v) is 34.9. The van der Waals surface area contributed by atoms with Crippen molar-refractivity contribution in [2.45, 2.75) is 19.6 Å². The molecule has 32 heteroatoms. The first-order chi connectivity index (χ1) is 27.5. The van der Waals surface area contributed by atoms with Gasteiger partial charge in [0.1, 0.15) is 44.0 Å². The fourth-order valence-electron chi connectivity index (χ4n) is 4.93. The van der Waals surface area contributed by atoms with E-state index in [0.29, 0.717) is 12.1 Å². The summed E-state index contributed by atoms with van der Waals surface area (Å²) in [5.41, 5.74) is 2.41. The topological polar surface area (TPSA) is 418 Å². The Morgan fingerprint density at radius 1 is 0.567 bits per heavy atom. The first kappa shape index (κ1) is 47.7. The van der Waals surface area contributed by atoms with Gasteiger partial charge >= 0.3 is 20.8 Å². The number of methoxy groups -OCH3 is 2. The summed E-state index contributed by atoms with van der Waals surface area (Å²) in [6.07, 6.45) is 0. The number of fused-ring (bicyclic) bond motifs is 1. The minimum absolute atomic E-state index is 0.193. The van der Waals surface area contributed by atoms with Crippen LogP contribution in [0.2, 0.25) is 0 Å². The molecule has 0 aliphatic rings. The summed E-state index contributed by atoms with van der Waals surface area (Å²) in [5, 5.41) is 25.1. The highest BCUT2D eigenvalue weighted by molar-refractivity contribution is 7.91. The number of phenolic OH excluding ortho intramolecular Hbond substituents is 1. The predicted octanol–water partition coefficient (Wildman–Crippen LogP) is 2.66. The third-order valence-electron chi connectivity index (χ3n) is 7.57. The quantitative estimate of drug-likeness (QED) is 0.0474. The number of nitrogen functional groups attached to an aromatic ring is 1. The lowest BCUT2D eigenvalue weighted by molar-refractivity contribution is 0.282. The Morgan fingerprint density at radius 2 is 0.950 bits per heavy atom. The second-order valence-corrected chi connectivity index (χ2v) is 20.6. The molecule has 4 aromatic carbocycles. The number of benzene rings is 4. The summed E-state index contributed by atoms with van der Waals surface area (Å²) >= 11 is 0. The van der Waals surface area contributed by atoms with Crippen LogP contribution in [0.1, 0.15) is 0 Å². The van der Waals surface area contributed by atoms with Crippen LogP contribution in [0.4, 0.5) is 28.4 Å². The van der Waals surface area contributed by atoms with Crippen LogP contribution in [0, 0.1) is 0 Å². The predicted molar refractivity (Wildman–Crippen MR) is 203 cm³/mol. The molecule has 0 saturated carbocycles. The molecule has 0 radical (unpaired) electrons. The third kappa shape index (κ3) is 11.6. The van der Waals surface area contributed by atoms with E-state index >= 15 is 0 Å². The number of sulfone groups is 2. The standard InChI is InChI=1S/C28H29N5O21S6/c1-51-20-5-3-16(55(35,36)9-7-53-59(45,46)47)13-18(20)30-32-26-22(57(39,40)41)11-15-12-23(58(42,43)44)27(28(34)24(15)25(26)29)33-31-19-14-17(4-6-21(19)52-2)56(37,38)10-8-54-60(48,49)50/h3-6,11-14,34H,7-10,29H2,1-2H3,(H,39,40,41)(H,42,43,44)(H,45,46,47)(H,48,49,50). The SMILES string of the molecule is COc1ccc(S(=O)(=O)CCOS(=O)(=O)O)cc1N=Nc1c(S(=O)(=O)O)cc2cc(S(=O)(=O)O)c(N=Nc3cc(S(=O)(=O)CCOS(=O)(=O)O)ccc3OC)c(O)c2c1N. The fraction of sp³-hybridized carbons (Fsp3) is 0.214. The molecule has 0 bridgehead atoms. The zero-order valence-electron chi connectivity index (χ0n) is 30.0. The van der Waals surface area contributed by atoms with Crippen molar-refractivity contribution in [1.29, 1.82) is 0 Å². The number of phenols is 1. The van der Waals surface area contributed by atoms with Gasteiger partial charge in [0.25, 0.3) is 20.2 Å². The Labute approximate surface area is 340 Å². The number of rotatable bonds is 18. The summed E-state index contributed by atoms with van der Waals surface area (Å²) < 4.78 is 201. The molecule has 0 saturated heterocycles. The van der Waals surface area contributed by atoms with Gasteiger partial charge in [-0.3, -0.25) is 18.2 Å². The van der Waals surface area contributed by atoms with E-state index in [1.807, 2.05) is 0 Å². The highest BCUT2D eigenvalue weighted by Crippen LogP contribution is 2.49. The summed E-state index contributed by atoms with van der Waals surface area (Å²) in [6, 6.07) is 6.89. The summed E-state index contributed by atoms with van der Waals surface area (Å²) in [6.45, 7) is -2.01. The number of aromatic hydroxyl groups is 1. The van der Waals surface area contributed by atoms with Crippen LogP contribution in [-0.2, 0) is 69.1 Å². The van der Waals surface area contributed by atoms with Gasteiger partial charge in [-0.15, -0.1) is 20.5 Å². The van der Waals surface area contributed by atoms with Gasteiger partial charge < -0.3 is 20.3 Å². The van der Waals surface area contributed by atoms with Crippen LogP contribution in [-0.4, -0.2) is 113 Å². The number of hydrogen-bond acceptors (Lipinski definition) is 22. The zero-order chi connectivity index (χ0) is 45.2. The number of hydrogen-bond donors (Lipinski definition) is 6. The van der Waals surface area contributed by atoms with Gasteiger partial charge in [-0.1, -0.05) is 0 Å². The molecule has 328 valence electrons. The molecular weight excluding hydrogens is 935 g/mol. The molecule has 0 aliphatic carbocycles. The van der Waals surface area contributed by atoms with E-state index in [4.69, 9.17) is 24.3 Å².